The van der Waals surface area contributed by atoms with Gasteiger partial charge in [0.15, 0.2) is 6.10 Å². The van der Waals surface area contributed by atoms with Gasteiger partial charge in [-0.15, -0.1) is 0 Å². The molecule has 3 rings (SSSR count). The van der Waals surface area contributed by atoms with Gasteiger partial charge in [-0.3, -0.25) is 4.79 Å². The maximum Gasteiger partial charge on any atom is 0.251 e. The highest BCUT2D eigenvalue weighted by molar-refractivity contribution is 5.82. The van der Waals surface area contributed by atoms with Crippen molar-refractivity contribution in [3.8, 4) is 16.9 Å². The third kappa shape index (κ3) is 3.41. The van der Waals surface area contributed by atoms with Gasteiger partial charge in [-0.2, -0.15) is 0 Å². The average molecular weight is 283 g/mol. The maximum atomic E-state index is 11.5. The molecule has 1 saturated heterocycles. The first-order chi connectivity index (χ1) is 10.3. The molecule has 0 radical (unpaired) electrons. The van der Waals surface area contributed by atoms with E-state index in [1.165, 1.54) is 0 Å². The summed E-state index contributed by atoms with van der Waals surface area (Å²) in [6.45, 7) is 1.07. The highest BCUT2D eigenvalue weighted by Crippen LogP contribution is 2.24. The van der Waals surface area contributed by atoms with Crippen LogP contribution < -0.4 is 10.1 Å². The summed E-state index contributed by atoms with van der Waals surface area (Å²) in [6.07, 6.45) is -0.235. The molecule has 4 nitrogen and oxygen atoms in total. The number of hydrogen-bond acceptors (Lipinski definition) is 3. The molecule has 1 atom stereocenters. The van der Waals surface area contributed by atoms with Crippen molar-refractivity contribution in [3.63, 3.8) is 0 Å². The first-order valence-corrected chi connectivity index (χ1v) is 6.89. The number of benzene rings is 2. The zero-order valence-corrected chi connectivity index (χ0v) is 11.8. The van der Waals surface area contributed by atoms with Crippen LogP contribution in [0.5, 0.6) is 5.75 Å². The highest BCUT2D eigenvalue weighted by Gasteiger charge is 2.30. The average Bonchev–Trinajstić information content (AvgIpc) is 3.38. The molecule has 108 valence electrons. The summed E-state index contributed by atoms with van der Waals surface area (Å²) in [7, 11) is 1.66. The maximum absolute atomic E-state index is 11.5. The molecule has 2 aromatic rings. The monoisotopic (exact) mass is 283 g/mol. The Kier molecular flexibility index (Phi) is 3.88. The van der Waals surface area contributed by atoms with Gasteiger partial charge in [-0.1, -0.05) is 36.4 Å². The van der Waals surface area contributed by atoms with Crippen LogP contribution in [-0.2, 0) is 16.1 Å². The minimum Gasteiger partial charge on any atom is -0.497 e. The molecule has 1 aliphatic rings. The second kappa shape index (κ2) is 5.97. The van der Waals surface area contributed by atoms with Gasteiger partial charge in [0.1, 0.15) is 5.75 Å². The van der Waals surface area contributed by atoms with E-state index in [-0.39, 0.29) is 12.0 Å². The van der Waals surface area contributed by atoms with E-state index < -0.39 is 0 Å². The fourth-order valence-corrected chi connectivity index (χ4v) is 2.12. The zero-order valence-electron chi connectivity index (χ0n) is 11.8. The van der Waals surface area contributed by atoms with Crippen LogP contribution in [0.25, 0.3) is 11.1 Å². The molecule has 0 spiro atoms. The number of hydrogen-bond donors (Lipinski definition) is 1. The van der Waals surface area contributed by atoms with Crippen molar-refractivity contribution in [1.82, 2.24) is 5.32 Å². The van der Waals surface area contributed by atoms with Crippen molar-refractivity contribution >= 4 is 5.91 Å². The lowest BCUT2D eigenvalue weighted by Crippen LogP contribution is -2.27. The quantitative estimate of drug-likeness (QED) is 0.857. The summed E-state index contributed by atoms with van der Waals surface area (Å²) in [5.41, 5.74) is 3.29. The third-order valence-electron chi connectivity index (χ3n) is 3.45. The predicted molar refractivity (Wildman–Crippen MR) is 80.0 cm³/mol. The number of carbonyl (C=O) groups is 1. The molecule has 0 bridgehead atoms. The molecule has 0 aliphatic carbocycles. The van der Waals surface area contributed by atoms with Crippen LogP contribution in [0.1, 0.15) is 5.56 Å². The lowest BCUT2D eigenvalue weighted by Gasteiger charge is -2.07. The molecule has 1 N–H and O–H groups in total. The molecule has 4 heteroatoms. The van der Waals surface area contributed by atoms with E-state index >= 15 is 0 Å². The number of methoxy groups -OCH3 is 1. The normalized spacial score (nSPS) is 16.3. The summed E-state index contributed by atoms with van der Waals surface area (Å²) >= 11 is 0. The van der Waals surface area contributed by atoms with Crippen LogP contribution >= 0.6 is 0 Å². The molecule has 0 saturated carbocycles. The predicted octanol–water partition coefficient (Wildman–Crippen LogP) is 2.38. The number of epoxide rings is 1. The Hall–Kier alpha value is -2.33. The summed E-state index contributed by atoms with van der Waals surface area (Å²) in [4.78, 5) is 11.5. The Morgan fingerprint density at radius 3 is 2.67 bits per heavy atom. The second-order valence-electron chi connectivity index (χ2n) is 4.97. The largest absolute Gasteiger partial charge is 0.497 e. The van der Waals surface area contributed by atoms with E-state index in [2.05, 4.69) is 5.32 Å². The summed E-state index contributed by atoms with van der Waals surface area (Å²) in [5, 5.41) is 2.85. The second-order valence-corrected chi connectivity index (χ2v) is 4.97. The lowest BCUT2D eigenvalue weighted by atomic mass is 10.0. The number of ether oxygens (including phenoxy) is 2. The summed E-state index contributed by atoms with van der Waals surface area (Å²) < 4.78 is 10.2. The Morgan fingerprint density at radius 2 is 2.00 bits per heavy atom. The lowest BCUT2D eigenvalue weighted by molar-refractivity contribution is -0.122. The van der Waals surface area contributed by atoms with Crippen molar-refractivity contribution in [3.05, 3.63) is 54.1 Å². The standard InChI is InChI=1S/C17H17NO3/c1-20-15-4-2-3-14(9-15)13-7-5-12(6-8-13)10-18-17(19)16-11-21-16/h2-9,16H,10-11H2,1H3,(H,18,19). The van der Waals surface area contributed by atoms with Gasteiger partial charge in [-0.25, -0.2) is 0 Å². The van der Waals surface area contributed by atoms with Gasteiger partial charge in [-0.05, 0) is 28.8 Å². The fourth-order valence-electron chi connectivity index (χ4n) is 2.12. The van der Waals surface area contributed by atoms with E-state index in [0.29, 0.717) is 13.2 Å². The Balaban J connectivity index is 1.66. The van der Waals surface area contributed by atoms with E-state index in [1.807, 2.05) is 48.5 Å². The van der Waals surface area contributed by atoms with Crippen LogP contribution in [0, 0.1) is 0 Å². The third-order valence-corrected chi connectivity index (χ3v) is 3.45. The first-order valence-electron chi connectivity index (χ1n) is 6.89. The van der Waals surface area contributed by atoms with E-state index in [9.17, 15) is 4.79 Å². The van der Waals surface area contributed by atoms with Gasteiger partial charge in [0.05, 0.1) is 13.7 Å². The molecule has 1 aliphatic heterocycles. The minimum absolute atomic E-state index is 0.0353. The van der Waals surface area contributed by atoms with Crippen molar-refractivity contribution < 1.29 is 14.3 Å². The van der Waals surface area contributed by atoms with Gasteiger partial charge >= 0.3 is 0 Å². The van der Waals surface area contributed by atoms with Crippen LogP contribution in [0.15, 0.2) is 48.5 Å². The first kappa shape index (κ1) is 13.6. The van der Waals surface area contributed by atoms with Crippen LogP contribution in [0.3, 0.4) is 0 Å². The molecular formula is C17H17NO3. The molecule has 2 aromatic carbocycles. The van der Waals surface area contributed by atoms with E-state index in [0.717, 1.165) is 22.4 Å². The smallest absolute Gasteiger partial charge is 0.251 e. The zero-order chi connectivity index (χ0) is 14.7. The summed E-state index contributed by atoms with van der Waals surface area (Å²) in [6, 6.07) is 16.1. The molecule has 1 amide bonds. The van der Waals surface area contributed by atoms with Gasteiger partial charge in [0.25, 0.3) is 5.91 Å². The Morgan fingerprint density at radius 1 is 1.24 bits per heavy atom. The topological polar surface area (TPSA) is 50.9 Å². The highest BCUT2D eigenvalue weighted by atomic mass is 16.6. The molecule has 0 aromatic heterocycles. The van der Waals surface area contributed by atoms with Crippen molar-refractivity contribution in [2.75, 3.05) is 13.7 Å². The number of nitrogens with one attached hydrogen (secondary N) is 1. The van der Waals surface area contributed by atoms with Crippen molar-refractivity contribution in [1.29, 1.82) is 0 Å². The summed E-state index contributed by atoms with van der Waals surface area (Å²) in [5.74, 6) is 0.806. The Bertz CT molecular complexity index is 633. The fraction of sp³-hybridized carbons (Fsp3) is 0.235. The molecule has 1 unspecified atom stereocenters. The van der Waals surface area contributed by atoms with Crippen molar-refractivity contribution in [2.24, 2.45) is 0 Å². The Labute approximate surface area is 123 Å². The molecule has 1 heterocycles. The van der Waals surface area contributed by atoms with Gasteiger partial charge < -0.3 is 14.8 Å². The van der Waals surface area contributed by atoms with Gasteiger partial charge in [0, 0.05) is 6.54 Å². The SMILES string of the molecule is COc1cccc(-c2ccc(CNC(=O)C3CO3)cc2)c1. The van der Waals surface area contributed by atoms with Crippen molar-refractivity contribution in [2.45, 2.75) is 12.6 Å². The number of carbonyl (C=O) groups excluding carboxylic acids is 1. The van der Waals surface area contributed by atoms with Crippen LogP contribution in [0.2, 0.25) is 0 Å². The number of amides is 1. The minimum atomic E-state index is -0.235. The van der Waals surface area contributed by atoms with Crippen LogP contribution in [0.4, 0.5) is 0 Å². The molecular weight excluding hydrogens is 266 g/mol. The van der Waals surface area contributed by atoms with Gasteiger partial charge in [0.2, 0.25) is 0 Å². The van der Waals surface area contributed by atoms with E-state index in [4.69, 9.17) is 9.47 Å². The van der Waals surface area contributed by atoms with Crippen LogP contribution in [-0.4, -0.2) is 25.7 Å². The van der Waals surface area contributed by atoms with E-state index in [1.54, 1.807) is 7.11 Å². The molecule has 21 heavy (non-hydrogen) atoms. The number of rotatable bonds is 5. The molecule has 1 fully saturated rings.